The van der Waals surface area contributed by atoms with Crippen molar-refractivity contribution in [2.45, 2.75) is 31.9 Å². The number of hydrogen-bond donors (Lipinski definition) is 2. The van der Waals surface area contributed by atoms with Crippen LogP contribution in [0.25, 0.3) is 17.0 Å². The fourth-order valence-electron chi connectivity index (χ4n) is 4.44. The number of rotatable bonds is 6. The zero-order valence-corrected chi connectivity index (χ0v) is 19.0. The number of phenols is 1. The molecule has 2 aliphatic rings. The predicted octanol–water partition coefficient (Wildman–Crippen LogP) is 4.13. The summed E-state index contributed by atoms with van der Waals surface area (Å²) >= 11 is 0. The summed E-state index contributed by atoms with van der Waals surface area (Å²) in [5.41, 5.74) is 2.85. The van der Waals surface area contributed by atoms with Gasteiger partial charge < -0.3 is 24.4 Å². The first-order valence-corrected chi connectivity index (χ1v) is 11.2. The summed E-state index contributed by atoms with van der Waals surface area (Å²) in [6, 6.07) is 13.7. The number of carbonyl (C=O) groups excluding carboxylic acids is 1. The Morgan fingerprint density at radius 2 is 2.06 bits per heavy atom. The molecule has 3 aromatic rings. The highest BCUT2D eigenvalue weighted by atomic mass is 16.5. The molecule has 34 heavy (non-hydrogen) atoms. The molecule has 0 aliphatic carbocycles. The first-order valence-electron chi connectivity index (χ1n) is 11.2. The fraction of sp³-hybridized carbons (Fsp3) is 0.320. The summed E-state index contributed by atoms with van der Waals surface area (Å²) in [5.74, 6) is 1.07. The van der Waals surface area contributed by atoms with Crippen LogP contribution in [0.2, 0.25) is 0 Å². The highest BCUT2D eigenvalue weighted by molar-refractivity contribution is 5.87. The van der Waals surface area contributed by atoms with Crippen LogP contribution in [-0.2, 0) is 4.74 Å². The van der Waals surface area contributed by atoms with Crippen LogP contribution in [0, 0.1) is 0 Å². The number of carbonyl (C=O) groups is 1. The number of aromatic nitrogens is 2. The van der Waals surface area contributed by atoms with Crippen LogP contribution in [0.1, 0.15) is 37.3 Å². The van der Waals surface area contributed by atoms with Gasteiger partial charge in [-0.1, -0.05) is 41.6 Å². The minimum absolute atomic E-state index is 0.0221. The molecule has 5 rings (SSSR count). The van der Waals surface area contributed by atoms with Gasteiger partial charge in [0.05, 0.1) is 31.4 Å². The van der Waals surface area contributed by atoms with Gasteiger partial charge in [-0.3, -0.25) is 4.90 Å². The van der Waals surface area contributed by atoms with Crippen molar-refractivity contribution in [3.63, 3.8) is 0 Å². The minimum atomic E-state index is -0.603. The maximum Gasteiger partial charge on any atom is 0.322 e. The second-order valence-electron chi connectivity index (χ2n) is 8.35. The van der Waals surface area contributed by atoms with Crippen molar-refractivity contribution in [2.75, 3.05) is 20.3 Å². The average molecular weight is 463 g/mol. The number of allylic oxidation sites excluding steroid dienone is 1. The lowest BCUT2D eigenvalue weighted by Crippen LogP contribution is -2.48. The molecular weight excluding hydrogens is 436 g/mol. The molecule has 2 unspecified atom stereocenters. The number of benzene rings is 2. The van der Waals surface area contributed by atoms with E-state index in [-0.39, 0.29) is 17.9 Å². The van der Waals surface area contributed by atoms with E-state index >= 15 is 0 Å². The quantitative estimate of drug-likeness (QED) is 0.567. The van der Waals surface area contributed by atoms with Gasteiger partial charge >= 0.3 is 6.03 Å². The Balaban J connectivity index is 1.58. The van der Waals surface area contributed by atoms with Gasteiger partial charge in [0.2, 0.25) is 5.82 Å². The van der Waals surface area contributed by atoms with E-state index in [2.05, 4.69) is 15.5 Å². The van der Waals surface area contributed by atoms with Crippen LogP contribution in [-0.4, -0.2) is 52.5 Å². The lowest BCUT2D eigenvalue weighted by atomic mass is 9.94. The molecule has 1 saturated heterocycles. The van der Waals surface area contributed by atoms with Gasteiger partial charge in [0.15, 0.2) is 11.5 Å². The van der Waals surface area contributed by atoms with Gasteiger partial charge in [0.1, 0.15) is 0 Å². The zero-order chi connectivity index (χ0) is 23.7. The third-order valence-corrected chi connectivity index (χ3v) is 6.23. The molecule has 0 saturated carbocycles. The number of methoxy groups -OCH3 is 1. The summed E-state index contributed by atoms with van der Waals surface area (Å²) in [6.07, 6.45) is 1.86. The molecule has 9 nitrogen and oxygen atoms in total. The summed E-state index contributed by atoms with van der Waals surface area (Å²) in [6.45, 7) is 3.00. The van der Waals surface area contributed by atoms with E-state index < -0.39 is 6.04 Å². The molecule has 2 atom stereocenters. The number of urea groups is 1. The molecule has 2 N–H and O–H groups in total. The first-order chi connectivity index (χ1) is 16.5. The van der Waals surface area contributed by atoms with Gasteiger partial charge in [0.25, 0.3) is 5.89 Å². The van der Waals surface area contributed by atoms with Gasteiger partial charge in [-0.2, -0.15) is 4.98 Å². The Morgan fingerprint density at radius 1 is 1.24 bits per heavy atom. The standard InChI is InChI=1S/C25H26N4O5/c1-15-21(24-27-23(28-34-24)16-7-4-3-5-8-16)22(17-10-11-20(32-2)19(30)13-17)26-25(31)29(15)14-18-9-6-12-33-18/h3-5,7-8,10-11,13,18,22,30H,6,9,12,14H2,1-2H3,(H,26,31). The lowest BCUT2D eigenvalue weighted by molar-refractivity contribution is 0.0877. The molecule has 0 bridgehead atoms. The van der Waals surface area contributed by atoms with Gasteiger partial charge in [-0.15, -0.1) is 0 Å². The first kappa shape index (κ1) is 22.0. The van der Waals surface area contributed by atoms with Crippen LogP contribution in [0.3, 0.4) is 0 Å². The van der Waals surface area contributed by atoms with Gasteiger partial charge in [0, 0.05) is 17.9 Å². The molecule has 9 heteroatoms. The summed E-state index contributed by atoms with van der Waals surface area (Å²) in [7, 11) is 1.49. The van der Waals surface area contributed by atoms with E-state index in [9.17, 15) is 9.90 Å². The smallest absolute Gasteiger partial charge is 0.322 e. The maximum atomic E-state index is 13.2. The van der Waals surface area contributed by atoms with Gasteiger partial charge in [-0.05, 0) is 37.5 Å². The molecule has 0 radical (unpaired) electrons. The number of ether oxygens (including phenoxy) is 2. The monoisotopic (exact) mass is 462 g/mol. The Morgan fingerprint density at radius 3 is 2.76 bits per heavy atom. The lowest BCUT2D eigenvalue weighted by Gasteiger charge is -2.36. The van der Waals surface area contributed by atoms with Crippen LogP contribution < -0.4 is 10.1 Å². The normalized spacial score (nSPS) is 20.5. The second-order valence-corrected chi connectivity index (χ2v) is 8.35. The molecule has 2 aromatic carbocycles. The molecule has 0 spiro atoms. The molecule has 3 heterocycles. The Kier molecular flexibility index (Phi) is 5.93. The number of nitrogens with one attached hydrogen (secondary N) is 1. The van der Waals surface area contributed by atoms with Crippen molar-refractivity contribution < 1.29 is 23.9 Å². The fourth-order valence-corrected chi connectivity index (χ4v) is 4.44. The maximum absolute atomic E-state index is 13.2. The topological polar surface area (TPSA) is 110 Å². The van der Waals surface area contributed by atoms with E-state index in [1.165, 1.54) is 7.11 Å². The van der Waals surface area contributed by atoms with E-state index in [4.69, 9.17) is 14.0 Å². The summed E-state index contributed by atoms with van der Waals surface area (Å²) in [5, 5.41) is 17.6. The minimum Gasteiger partial charge on any atom is -0.504 e. The van der Waals surface area contributed by atoms with E-state index in [0.29, 0.717) is 47.4 Å². The molecule has 1 aromatic heterocycles. The van der Waals surface area contributed by atoms with E-state index in [0.717, 1.165) is 18.4 Å². The summed E-state index contributed by atoms with van der Waals surface area (Å²) < 4.78 is 16.6. The van der Waals surface area contributed by atoms with Crippen molar-refractivity contribution in [3.8, 4) is 22.9 Å². The number of hydrogen-bond acceptors (Lipinski definition) is 7. The van der Waals surface area contributed by atoms with Gasteiger partial charge in [-0.25, -0.2) is 4.79 Å². The van der Waals surface area contributed by atoms with Crippen LogP contribution in [0.15, 0.2) is 58.8 Å². The zero-order valence-electron chi connectivity index (χ0n) is 19.0. The third-order valence-electron chi connectivity index (χ3n) is 6.23. The van der Waals surface area contributed by atoms with Crippen molar-refractivity contribution in [1.29, 1.82) is 0 Å². The largest absolute Gasteiger partial charge is 0.504 e. The van der Waals surface area contributed by atoms with E-state index in [1.807, 2.05) is 37.3 Å². The van der Waals surface area contributed by atoms with Crippen molar-refractivity contribution in [3.05, 3.63) is 65.7 Å². The number of amides is 2. The average Bonchev–Trinajstić information content (AvgIpc) is 3.54. The number of phenolic OH excluding ortho intramolecular Hbond substituents is 1. The van der Waals surface area contributed by atoms with Crippen LogP contribution in [0.4, 0.5) is 4.79 Å². The molecule has 176 valence electrons. The van der Waals surface area contributed by atoms with Crippen molar-refractivity contribution in [2.24, 2.45) is 0 Å². The molecule has 2 aliphatic heterocycles. The summed E-state index contributed by atoms with van der Waals surface area (Å²) in [4.78, 5) is 19.5. The number of nitrogens with zero attached hydrogens (tertiary/aromatic N) is 3. The second kappa shape index (κ2) is 9.18. The highest BCUT2D eigenvalue weighted by Crippen LogP contribution is 2.40. The van der Waals surface area contributed by atoms with Crippen molar-refractivity contribution in [1.82, 2.24) is 20.4 Å². The molecule has 2 amide bonds. The predicted molar refractivity (Wildman–Crippen MR) is 124 cm³/mol. The molecular formula is C25H26N4O5. The third kappa shape index (κ3) is 4.10. The molecule has 1 fully saturated rings. The van der Waals surface area contributed by atoms with Crippen LogP contribution >= 0.6 is 0 Å². The SMILES string of the molecule is COc1ccc(C2NC(=O)N(CC3CCCO3)C(C)=C2c2nc(-c3ccccc3)no2)cc1O. The van der Waals surface area contributed by atoms with Crippen LogP contribution in [0.5, 0.6) is 11.5 Å². The Bertz CT molecular complexity index is 1220. The van der Waals surface area contributed by atoms with E-state index in [1.54, 1.807) is 23.1 Å². The Hall–Kier alpha value is -3.85. The highest BCUT2D eigenvalue weighted by Gasteiger charge is 2.37. The van der Waals surface area contributed by atoms with Crippen molar-refractivity contribution >= 4 is 11.6 Å². The Labute approximate surface area is 197 Å². The number of aromatic hydroxyl groups is 1.